The van der Waals surface area contributed by atoms with Gasteiger partial charge >= 0.3 is 0 Å². The second-order valence-electron chi connectivity index (χ2n) is 5.32. The lowest BCUT2D eigenvalue weighted by Gasteiger charge is -2.38. The number of pyridine rings is 1. The molecule has 8 heteroatoms. The molecule has 0 spiro atoms. The van der Waals surface area contributed by atoms with Gasteiger partial charge < -0.3 is 19.1 Å². The van der Waals surface area contributed by atoms with Gasteiger partial charge in [0, 0.05) is 32.7 Å². The van der Waals surface area contributed by atoms with E-state index < -0.39 is 24.2 Å². The fourth-order valence-electron chi connectivity index (χ4n) is 2.57. The second-order valence-corrected chi connectivity index (χ2v) is 5.32. The third kappa shape index (κ3) is 3.69. The Morgan fingerprint density at radius 2 is 2.09 bits per heavy atom. The van der Waals surface area contributed by atoms with E-state index in [4.69, 9.17) is 14.2 Å². The number of carbonyl (C=O) groups is 1. The van der Waals surface area contributed by atoms with Crippen LogP contribution in [0, 0.1) is 5.92 Å². The molecule has 1 aromatic rings. The molecule has 0 N–H and O–H groups in total. The van der Waals surface area contributed by atoms with Crippen molar-refractivity contribution in [3.63, 3.8) is 0 Å². The van der Waals surface area contributed by atoms with Crippen LogP contribution in [-0.4, -0.2) is 62.7 Å². The lowest BCUT2D eigenvalue weighted by Crippen LogP contribution is -2.50. The fourth-order valence-corrected chi connectivity index (χ4v) is 2.57. The Morgan fingerprint density at radius 1 is 1.35 bits per heavy atom. The summed E-state index contributed by atoms with van der Waals surface area (Å²) in [5.41, 5.74) is 0.217. The normalized spacial score (nSPS) is 20.2. The Bertz CT molecular complexity index is 568. The summed E-state index contributed by atoms with van der Waals surface area (Å²) in [7, 11) is 4.20. The van der Waals surface area contributed by atoms with Crippen LogP contribution in [0.15, 0.2) is 12.1 Å². The van der Waals surface area contributed by atoms with Crippen molar-refractivity contribution in [2.75, 3.05) is 41.0 Å². The summed E-state index contributed by atoms with van der Waals surface area (Å²) < 4.78 is 42.7. The molecular formula is C15H20F2N2O4. The van der Waals surface area contributed by atoms with E-state index in [2.05, 4.69) is 4.98 Å². The molecule has 0 radical (unpaired) electrons. The molecule has 23 heavy (non-hydrogen) atoms. The minimum absolute atomic E-state index is 0.0266. The molecule has 1 aliphatic rings. The molecule has 0 aliphatic carbocycles. The van der Waals surface area contributed by atoms with E-state index in [1.54, 1.807) is 0 Å². The maximum atomic E-state index is 13.9. The van der Waals surface area contributed by atoms with E-state index in [1.165, 1.54) is 38.4 Å². The van der Waals surface area contributed by atoms with Crippen molar-refractivity contribution in [1.29, 1.82) is 0 Å². The smallest absolute Gasteiger partial charge is 0.259 e. The summed E-state index contributed by atoms with van der Waals surface area (Å²) in [6.07, 6.45) is -0.390. The maximum Gasteiger partial charge on any atom is 0.259 e. The summed E-state index contributed by atoms with van der Waals surface area (Å²) in [6.45, 7) is -0.204. The van der Waals surface area contributed by atoms with Crippen molar-refractivity contribution in [3.05, 3.63) is 17.7 Å². The van der Waals surface area contributed by atoms with Crippen molar-refractivity contribution >= 4 is 5.91 Å². The zero-order valence-corrected chi connectivity index (χ0v) is 13.3. The van der Waals surface area contributed by atoms with Crippen molar-refractivity contribution in [1.82, 2.24) is 9.88 Å². The van der Waals surface area contributed by atoms with Crippen LogP contribution >= 0.6 is 0 Å². The van der Waals surface area contributed by atoms with Gasteiger partial charge in [-0.3, -0.25) is 4.79 Å². The summed E-state index contributed by atoms with van der Waals surface area (Å²) in [5, 5.41) is 0. The number of piperidine rings is 1. The number of aromatic nitrogens is 1. The Labute approximate surface area is 133 Å². The fraction of sp³-hybridized carbons (Fsp3) is 0.600. The van der Waals surface area contributed by atoms with Gasteiger partial charge in [0.2, 0.25) is 11.8 Å². The zero-order chi connectivity index (χ0) is 17.0. The Kier molecular flexibility index (Phi) is 5.35. The molecule has 0 aromatic carbocycles. The second kappa shape index (κ2) is 7.08. The Hall–Kier alpha value is -1.96. The van der Waals surface area contributed by atoms with Crippen LogP contribution in [0.4, 0.5) is 8.78 Å². The van der Waals surface area contributed by atoms with Crippen LogP contribution in [-0.2, 0) is 4.74 Å². The van der Waals surface area contributed by atoms with E-state index >= 15 is 0 Å². The number of alkyl halides is 2. The van der Waals surface area contributed by atoms with Gasteiger partial charge in [0.15, 0.2) is 0 Å². The largest absolute Gasteiger partial charge is 0.481 e. The lowest BCUT2D eigenvalue weighted by molar-refractivity contribution is -0.118. The number of hydrogen-bond acceptors (Lipinski definition) is 5. The van der Waals surface area contributed by atoms with Gasteiger partial charge in [0.1, 0.15) is 5.56 Å². The molecule has 1 atom stereocenters. The van der Waals surface area contributed by atoms with Crippen molar-refractivity contribution in [2.24, 2.45) is 5.92 Å². The van der Waals surface area contributed by atoms with Crippen LogP contribution in [0.2, 0.25) is 0 Å². The van der Waals surface area contributed by atoms with E-state index in [-0.39, 0.29) is 31.1 Å². The summed E-state index contributed by atoms with van der Waals surface area (Å²) in [4.78, 5) is 18.0. The topological polar surface area (TPSA) is 60.9 Å². The van der Waals surface area contributed by atoms with Crippen molar-refractivity contribution in [2.45, 2.75) is 12.3 Å². The lowest BCUT2D eigenvalue weighted by atomic mass is 9.94. The molecule has 1 unspecified atom stereocenters. The standard InChI is InChI=1S/C15H20F2N2O4/c1-21-9-10-8-19(7-6-15(10,16)17)14(20)11-4-5-12(22-2)18-13(11)23-3/h4-5,10H,6-9H2,1-3H3. The zero-order valence-electron chi connectivity index (χ0n) is 13.3. The molecule has 1 saturated heterocycles. The summed E-state index contributed by atoms with van der Waals surface area (Å²) in [5.74, 6) is -3.85. The number of hydrogen-bond donors (Lipinski definition) is 0. The molecule has 6 nitrogen and oxygen atoms in total. The predicted octanol–water partition coefficient (Wildman–Crippen LogP) is 1.84. The van der Waals surface area contributed by atoms with Crippen LogP contribution in [0.1, 0.15) is 16.8 Å². The summed E-state index contributed by atoms with van der Waals surface area (Å²) >= 11 is 0. The van der Waals surface area contributed by atoms with Gasteiger partial charge in [-0.2, -0.15) is 4.98 Å². The van der Waals surface area contributed by atoms with Gasteiger partial charge in [0.05, 0.1) is 26.7 Å². The highest BCUT2D eigenvalue weighted by Crippen LogP contribution is 2.34. The van der Waals surface area contributed by atoms with E-state index in [0.717, 1.165) is 0 Å². The van der Waals surface area contributed by atoms with Gasteiger partial charge in [-0.25, -0.2) is 8.78 Å². The van der Waals surface area contributed by atoms with Crippen LogP contribution in [0.5, 0.6) is 11.8 Å². The van der Waals surface area contributed by atoms with Gasteiger partial charge in [-0.1, -0.05) is 0 Å². The maximum absolute atomic E-state index is 13.9. The number of likely N-dealkylation sites (tertiary alicyclic amines) is 1. The quantitative estimate of drug-likeness (QED) is 0.824. The minimum Gasteiger partial charge on any atom is -0.481 e. The van der Waals surface area contributed by atoms with Crippen LogP contribution in [0.25, 0.3) is 0 Å². The van der Waals surface area contributed by atoms with E-state index in [0.29, 0.717) is 5.88 Å². The van der Waals surface area contributed by atoms with E-state index in [9.17, 15) is 13.6 Å². The number of carbonyl (C=O) groups excluding carboxylic acids is 1. The molecule has 1 fully saturated rings. The third-order valence-corrected chi connectivity index (χ3v) is 3.88. The first-order valence-corrected chi connectivity index (χ1v) is 7.18. The average molecular weight is 330 g/mol. The third-order valence-electron chi connectivity index (χ3n) is 3.88. The molecule has 1 amide bonds. The monoisotopic (exact) mass is 330 g/mol. The predicted molar refractivity (Wildman–Crippen MR) is 78.2 cm³/mol. The van der Waals surface area contributed by atoms with Crippen molar-refractivity contribution < 1.29 is 27.8 Å². The highest BCUT2D eigenvalue weighted by atomic mass is 19.3. The number of rotatable bonds is 5. The Balaban J connectivity index is 2.20. The summed E-state index contributed by atoms with van der Waals surface area (Å²) in [6, 6.07) is 3.05. The van der Waals surface area contributed by atoms with E-state index in [1.807, 2.05) is 0 Å². The van der Waals surface area contributed by atoms with Gasteiger partial charge in [-0.05, 0) is 6.07 Å². The first kappa shape index (κ1) is 17.4. The first-order chi connectivity index (χ1) is 10.9. The van der Waals surface area contributed by atoms with Crippen LogP contribution in [0.3, 0.4) is 0 Å². The van der Waals surface area contributed by atoms with Gasteiger partial charge in [-0.15, -0.1) is 0 Å². The number of ether oxygens (including phenoxy) is 3. The molecule has 128 valence electrons. The molecule has 1 aliphatic heterocycles. The SMILES string of the molecule is COCC1CN(C(=O)c2ccc(OC)nc2OC)CCC1(F)F. The number of nitrogens with zero attached hydrogens (tertiary/aromatic N) is 2. The molecule has 0 saturated carbocycles. The molecule has 2 rings (SSSR count). The molecule has 1 aromatic heterocycles. The first-order valence-electron chi connectivity index (χ1n) is 7.18. The molecular weight excluding hydrogens is 310 g/mol. The van der Waals surface area contributed by atoms with Gasteiger partial charge in [0.25, 0.3) is 11.8 Å². The van der Waals surface area contributed by atoms with Crippen molar-refractivity contribution in [3.8, 4) is 11.8 Å². The molecule has 2 heterocycles. The number of methoxy groups -OCH3 is 3. The Morgan fingerprint density at radius 3 is 2.70 bits per heavy atom. The highest BCUT2D eigenvalue weighted by Gasteiger charge is 2.45. The number of halogens is 2. The average Bonchev–Trinajstić information content (AvgIpc) is 2.55. The highest BCUT2D eigenvalue weighted by molar-refractivity contribution is 5.96. The van der Waals surface area contributed by atoms with Crippen LogP contribution < -0.4 is 9.47 Å². The molecule has 0 bridgehead atoms. The number of amides is 1. The minimum atomic E-state index is -2.84.